The molecule has 0 unspecified atom stereocenters. The van der Waals surface area contributed by atoms with Crippen molar-refractivity contribution < 1.29 is 13.2 Å². The van der Waals surface area contributed by atoms with Crippen molar-refractivity contribution in [2.45, 2.75) is 12.8 Å². The maximum atomic E-state index is 12.7. The molecule has 2 aromatic heterocycles. The van der Waals surface area contributed by atoms with E-state index in [1.54, 1.807) is 11.3 Å². The summed E-state index contributed by atoms with van der Waals surface area (Å²) in [6.07, 6.45) is 2.30. The molecular weight excluding hydrogens is 402 g/mol. The number of nitrogens with one attached hydrogen (secondary N) is 1. The van der Waals surface area contributed by atoms with Crippen LogP contribution in [0.15, 0.2) is 35.7 Å². The van der Waals surface area contributed by atoms with Gasteiger partial charge in [0, 0.05) is 24.6 Å². The quantitative estimate of drug-likeness (QED) is 0.698. The average molecular weight is 422 g/mol. The Morgan fingerprint density at radius 3 is 2.67 bits per heavy atom. The zero-order valence-corrected chi connectivity index (χ0v) is 17.2. The summed E-state index contributed by atoms with van der Waals surface area (Å²) in [5.74, 6) is -0.221. The van der Waals surface area contributed by atoms with Crippen LogP contribution >= 0.6 is 22.7 Å². The topological polar surface area (TPSA) is 79.4 Å². The summed E-state index contributed by atoms with van der Waals surface area (Å²) < 4.78 is 25.8. The van der Waals surface area contributed by atoms with Crippen molar-refractivity contribution in [1.29, 1.82) is 0 Å². The second kappa shape index (κ2) is 7.31. The van der Waals surface area contributed by atoms with Crippen molar-refractivity contribution >= 4 is 53.8 Å². The number of para-hydroxylation sites is 1. The first-order chi connectivity index (χ1) is 12.9. The molecule has 0 radical (unpaired) electrons. The maximum Gasteiger partial charge on any atom is 0.228 e. The number of aromatic nitrogens is 1. The SMILES string of the molecule is CS(=O)(=O)N1CCC(C(=O)Nc2sccc2-c2nc3ccccc3s2)CC1. The van der Waals surface area contributed by atoms with E-state index in [9.17, 15) is 13.2 Å². The molecule has 1 N–H and O–H groups in total. The number of thiophene rings is 1. The molecule has 142 valence electrons. The molecule has 9 heteroatoms. The van der Waals surface area contributed by atoms with Gasteiger partial charge in [-0.2, -0.15) is 0 Å². The zero-order valence-electron chi connectivity index (χ0n) is 14.7. The molecule has 0 saturated carbocycles. The molecule has 0 bridgehead atoms. The molecule has 1 fully saturated rings. The highest BCUT2D eigenvalue weighted by molar-refractivity contribution is 7.88. The third-order valence-corrected chi connectivity index (χ3v) is 7.92. The van der Waals surface area contributed by atoms with Crippen molar-refractivity contribution in [3.05, 3.63) is 35.7 Å². The third kappa shape index (κ3) is 3.91. The molecule has 1 aromatic carbocycles. The monoisotopic (exact) mass is 421 g/mol. The molecule has 1 saturated heterocycles. The minimum atomic E-state index is -3.18. The molecule has 1 amide bonds. The number of benzene rings is 1. The highest BCUT2D eigenvalue weighted by Crippen LogP contribution is 2.38. The minimum absolute atomic E-state index is 0.0482. The Kier molecular flexibility index (Phi) is 5.02. The number of piperidine rings is 1. The van der Waals surface area contributed by atoms with Crippen molar-refractivity contribution in [3.63, 3.8) is 0 Å². The largest absolute Gasteiger partial charge is 0.317 e. The number of fused-ring (bicyclic) bond motifs is 1. The van der Waals surface area contributed by atoms with Crippen LogP contribution in [0.3, 0.4) is 0 Å². The number of carbonyl (C=O) groups is 1. The molecule has 1 aliphatic rings. The van der Waals surface area contributed by atoms with Gasteiger partial charge < -0.3 is 5.32 Å². The normalized spacial score (nSPS) is 16.6. The van der Waals surface area contributed by atoms with E-state index in [0.717, 1.165) is 25.8 Å². The van der Waals surface area contributed by atoms with Gasteiger partial charge >= 0.3 is 0 Å². The van der Waals surface area contributed by atoms with E-state index >= 15 is 0 Å². The highest BCUT2D eigenvalue weighted by Gasteiger charge is 2.29. The molecule has 27 heavy (non-hydrogen) atoms. The summed E-state index contributed by atoms with van der Waals surface area (Å²) in [6, 6.07) is 9.95. The molecular formula is C18H19N3O3S3. The van der Waals surface area contributed by atoms with Crippen LogP contribution in [0.4, 0.5) is 5.00 Å². The van der Waals surface area contributed by atoms with Gasteiger partial charge in [0.15, 0.2) is 0 Å². The number of carbonyl (C=O) groups excluding carboxylic acids is 1. The Morgan fingerprint density at radius 2 is 1.96 bits per heavy atom. The summed E-state index contributed by atoms with van der Waals surface area (Å²) in [5, 5.41) is 6.67. The van der Waals surface area contributed by atoms with E-state index < -0.39 is 10.0 Å². The highest BCUT2D eigenvalue weighted by atomic mass is 32.2. The Hall–Kier alpha value is -1.81. The van der Waals surface area contributed by atoms with Crippen LogP contribution in [0.2, 0.25) is 0 Å². The number of sulfonamides is 1. The van der Waals surface area contributed by atoms with Gasteiger partial charge in [-0.15, -0.1) is 22.7 Å². The van der Waals surface area contributed by atoms with E-state index in [0.29, 0.717) is 25.9 Å². The number of nitrogens with zero attached hydrogens (tertiary/aromatic N) is 2. The second-order valence-electron chi connectivity index (χ2n) is 6.58. The second-order valence-corrected chi connectivity index (χ2v) is 10.5. The third-order valence-electron chi connectivity index (χ3n) is 4.72. The average Bonchev–Trinajstić information content (AvgIpc) is 3.27. The first-order valence-corrected chi connectivity index (χ1v) is 12.2. The summed E-state index contributed by atoms with van der Waals surface area (Å²) in [6.45, 7) is 0.790. The standard InChI is InChI=1S/C18H19N3O3S3/c1-27(23,24)21-9-6-12(7-10-21)16(22)20-17-13(8-11-25-17)18-19-14-4-2-3-5-15(14)26-18/h2-5,8,11-12H,6-7,9-10H2,1H3,(H,20,22). The fourth-order valence-corrected chi connectivity index (χ4v) is 5.95. The maximum absolute atomic E-state index is 12.7. The van der Waals surface area contributed by atoms with Crippen molar-refractivity contribution in [2.24, 2.45) is 5.92 Å². The predicted molar refractivity (Wildman–Crippen MR) is 111 cm³/mol. The van der Waals surface area contributed by atoms with Gasteiger partial charge in [-0.25, -0.2) is 17.7 Å². The van der Waals surface area contributed by atoms with E-state index in [1.807, 2.05) is 35.7 Å². The molecule has 0 spiro atoms. The van der Waals surface area contributed by atoms with Gasteiger partial charge in [-0.1, -0.05) is 12.1 Å². The van der Waals surface area contributed by atoms with E-state index in [4.69, 9.17) is 0 Å². The number of anilines is 1. The zero-order chi connectivity index (χ0) is 19.0. The van der Waals surface area contributed by atoms with Crippen molar-refractivity contribution in [2.75, 3.05) is 24.7 Å². The Morgan fingerprint density at radius 1 is 1.22 bits per heavy atom. The number of hydrogen-bond donors (Lipinski definition) is 1. The van der Waals surface area contributed by atoms with Gasteiger partial charge in [0.1, 0.15) is 10.0 Å². The summed E-state index contributed by atoms with van der Waals surface area (Å²) in [5.41, 5.74) is 1.89. The Bertz CT molecular complexity index is 1050. The lowest BCUT2D eigenvalue weighted by Crippen LogP contribution is -2.40. The summed E-state index contributed by atoms with van der Waals surface area (Å²) in [7, 11) is -3.18. The number of thiazole rings is 1. The fraction of sp³-hybridized carbons (Fsp3) is 0.333. The van der Waals surface area contributed by atoms with E-state index in [1.165, 1.54) is 21.9 Å². The van der Waals surface area contributed by atoms with Crippen LogP contribution in [-0.2, 0) is 14.8 Å². The first kappa shape index (κ1) is 18.5. The van der Waals surface area contributed by atoms with Crippen molar-refractivity contribution in [1.82, 2.24) is 9.29 Å². The van der Waals surface area contributed by atoms with Crippen molar-refractivity contribution in [3.8, 4) is 10.6 Å². The Balaban J connectivity index is 1.48. The predicted octanol–water partition coefficient (Wildman–Crippen LogP) is 3.63. The Labute approximate surface area is 165 Å². The summed E-state index contributed by atoms with van der Waals surface area (Å²) in [4.78, 5) is 17.4. The smallest absolute Gasteiger partial charge is 0.228 e. The van der Waals surface area contributed by atoms with Crippen LogP contribution in [0.25, 0.3) is 20.8 Å². The molecule has 3 aromatic rings. The lowest BCUT2D eigenvalue weighted by Gasteiger charge is -2.29. The van der Waals surface area contributed by atoms with Gasteiger partial charge in [0.2, 0.25) is 15.9 Å². The van der Waals surface area contributed by atoms with Crippen LogP contribution in [-0.4, -0.2) is 43.0 Å². The van der Waals surface area contributed by atoms with Crippen LogP contribution in [0.5, 0.6) is 0 Å². The van der Waals surface area contributed by atoms with Gasteiger partial charge in [-0.05, 0) is 36.4 Å². The molecule has 3 heterocycles. The fourth-order valence-electron chi connectivity index (χ4n) is 3.23. The van der Waals surface area contributed by atoms with Crippen LogP contribution in [0.1, 0.15) is 12.8 Å². The molecule has 1 aliphatic heterocycles. The minimum Gasteiger partial charge on any atom is -0.317 e. The number of amides is 1. The molecule has 4 rings (SSSR count). The van der Waals surface area contributed by atoms with Gasteiger partial charge in [0.05, 0.1) is 16.5 Å². The first-order valence-electron chi connectivity index (χ1n) is 8.61. The molecule has 0 aliphatic carbocycles. The van der Waals surface area contributed by atoms with E-state index in [-0.39, 0.29) is 11.8 Å². The van der Waals surface area contributed by atoms with E-state index in [2.05, 4.69) is 10.3 Å². The molecule has 6 nitrogen and oxygen atoms in total. The van der Waals surface area contributed by atoms with Gasteiger partial charge in [0.25, 0.3) is 0 Å². The molecule has 0 atom stereocenters. The van der Waals surface area contributed by atoms with Crippen LogP contribution < -0.4 is 5.32 Å². The lowest BCUT2D eigenvalue weighted by molar-refractivity contribution is -0.120. The lowest BCUT2D eigenvalue weighted by atomic mass is 9.97. The summed E-state index contributed by atoms with van der Waals surface area (Å²) >= 11 is 3.09. The number of hydrogen-bond acceptors (Lipinski definition) is 6. The number of rotatable bonds is 4. The van der Waals surface area contributed by atoms with Crippen LogP contribution in [0, 0.1) is 5.92 Å². The van der Waals surface area contributed by atoms with Gasteiger partial charge in [-0.3, -0.25) is 4.79 Å².